The highest BCUT2D eigenvalue weighted by atomic mass is 35.5. The molecule has 0 aliphatic carbocycles. The van der Waals surface area contributed by atoms with Crippen LogP contribution in [0.4, 0.5) is 5.69 Å². The molecule has 0 bridgehead atoms. The summed E-state index contributed by atoms with van der Waals surface area (Å²) in [6.45, 7) is 4.01. The number of hydrogen-bond acceptors (Lipinski definition) is 2. The highest BCUT2D eigenvalue weighted by molar-refractivity contribution is 6.31. The van der Waals surface area contributed by atoms with Gasteiger partial charge in [0.25, 0.3) is 0 Å². The number of hydrogen-bond donors (Lipinski definition) is 1. The first-order valence-electron chi connectivity index (χ1n) is 4.58. The van der Waals surface area contributed by atoms with Crippen LogP contribution >= 0.6 is 11.6 Å². The molecule has 0 fully saturated rings. The molecule has 0 atom stereocenters. The molecule has 0 saturated heterocycles. The predicted molar refractivity (Wildman–Crippen MR) is 59.6 cm³/mol. The number of rotatable bonds is 3. The smallest absolute Gasteiger partial charge is 0.163 e. The number of halogens is 1. The number of nitrogen functional groups attached to an aromatic ring is 1. The number of Topliss-reactive ketones (excluding diaryl/α,β-unsaturated/α-hetero) is 1. The molecule has 76 valence electrons. The lowest BCUT2D eigenvalue weighted by atomic mass is 10.0. The first-order chi connectivity index (χ1) is 6.49. The maximum absolute atomic E-state index is 11.6. The molecule has 2 N–H and O–H groups in total. The fourth-order valence-electron chi connectivity index (χ4n) is 1.26. The number of nitrogens with two attached hydrogens (primary N) is 1. The summed E-state index contributed by atoms with van der Waals surface area (Å²) >= 11 is 5.80. The van der Waals surface area contributed by atoms with E-state index in [-0.39, 0.29) is 5.78 Å². The molecule has 0 unspecified atom stereocenters. The van der Waals surface area contributed by atoms with E-state index in [2.05, 4.69) is 0 Å². The van der Waals surface area contributed by atoms with Gasteiger partial charge >= 0.3 is 0 Å². The van der Waals surface area contributed by atoms with E-state index in [1.165, 1.54) is 0 Å². The van der Waals surface area contributed by atoms with Crippen molar-refractivity contribution in [2.45, 2.75) is 20.3 Å². The molecular formula is C11H14ClNO. The van der Waals surface area contributed by atoms with Gasteiger partial charge in [0.1, 0.15) is 0 Å². The molecule has 1 aromatic rings. The van der Waals surface area contributed by atoms with E-state index >= 15 is 0 Å². The topological polar surface area (TPSA) is 43.1 Å². The molecule has 0 aromatic heterocycles. The third-order valence-electron chi connectivity index (χ3n) is 1.84. The summed E-state index contributed by atoms with van der Waals surface area (Å²) in [6, 6.07) is 4.95. The first-order valence-corrected chi connectivity index (χ1v) is 4.96. The van der Waals surface area contributed by atoms with Crippen LogP contribution in [0.3, 0.4) is 0 Å². The van der Waals surface area contributed by atoms with E-state index in [0.717, 1.165) is 0 Å². The van der Waals surface area contributed by atoms with Gasteiger partial charge in [-0.1, -0.05) is 25.4 Å². The van der Waals surface area contributed by atoms with Crippen LogP contribution in [0, 0.1) is 5.92 Å². The lowest BCUT2D eigenvalue weighted by Crippen LogP contribution is -2.04. The van der Waals surface area contributed by atoms with Gasteiger partial charge in [-0.15, -0.1) is 0 Å². The van der Waals surface area contributed by atoms with Crippen LogP contribution in [0.15, 0.2) is 18.2 Å². The van der Waals surface area contributed by atoms with Gasteiger partial charge in [-0.3, -0.25) is 4.79 Å². The number of carbonyl (C=O) groups excluding carboxylic acids is 1. The Labute approximate surface area is 89.1 Å². The number of benzene rings is 1. The average molecular weight is 212 g/mol. The van der Waals surface area contributed by atoms with Crippen molar-refractivity contribution in [3.05, 3.63) is 28.8 Å². The summed E-state index contributed by atoms with van der Waals surface area (Å²) in [7, 11) is 0. The monoisotopic (exact) mass is 211 g/mol. The van der Waals surface area contributed by atoms with Gasteiger partial charge in [-0.05, 0) is 24.1 Å². The van der Waals surface area contributed by atoms with Gasteiger partial charge in [0.05, 0.1) is 0 Å². The molecule has 1 rings (SSSR count). The molecule has 0 radical (unpaired) electrons. The number of anilines is 1. The Bertz CT molecular complexity index is 327. The third kappa shape index (κ3) is 3.04. The average Bonchev–Trinajstić information content (AvgIpc) is 2.00. The fraction of sp³-hybridized carbons (Fsp3) is 0.364. The van der Waals surface area contributed by atoms with Gasteiger partial charge in [0.2, 0.25) is 0 Å². The van der Waals surface area contributed by atoms with Crippen molar-refractivity contribution in [2.75, 3.05) is 5.73 Å². The second-order valence-electron chi connectivity index (χ2n) is 3.79. The maximum atomic E-state index is 11.6. The number of carbonyl (C=O) groups is 1. The zero-order chi connectivity index (χ0) is 10.7. The summed E-state index contributed by atoms with van der Waals surface area (Å²) in [5.74, 6) is 0.442. The molecular weight excluding hydrogens is 198 g/mol. The molecule has 0 amide bonds. The molecule has 1 aromatic carbocycles. The van der Waals surface area contributed by atoms with Crippen molar-refractivity contribution in [1.29, 1.82) is 0 Å². The lowest BCUT2D eigenvalue weighted by Gasteiger charge is -2.05. The third-order valence-corrected chi connectivity index (χ3v) is 2.05. The van der Waals surface area contributed by atoms with Crippen molar-refractivity contribution in [3.8, 4) is 0 Å². The Morgan fingerprint density at radius 1 is 1.43 bits per heavy atom. The summed E-state index contributed by atoms with van der Waals surface area (Å²) in [6.07, 6.45) is 0.528. The molecule has 14 heavy (non-hydrogen) atoms. The van der Waals surface area contributed by atoms with Crippen molar-refractivity contribution in [1.82, 2.24) is 0 Å². The van der Waals surface area contributed by atoms with Crippen molar-refractivity contribution in [3.63, 3.8) is 0 Å². The Balaban J connectivity index is 2.90. The SMILES string of the molecule is CC(C)CC(=O)c1cc(N)cc(Cl)c1. The largest absolute Gasteiger partial charge is 0.399 e. The van der Waals surface area contributed by atoms with Crippen LogP contribution < -0.4 is 5.73 Å². The van der Waals surface area contributed by atoms with Gasteiger partial charge in [-0.2, -0.15) is 0 Å². The van der Waals surface area contributed by atoms with Crippen molar-refractivity contribution >= 4 is 23.1 Å². The second-order valence-corrected chi connectivity index (χ2v) is 4.23. The minimum absolute atomic E-state index is 0.0919. The first kappa shape index (κ1) is 11.1. The maximum Gasteiger partial charge on any atom is 0.163 e. The Hall–Kier alpha value is -1.02. The molecule has 0 saturated carbocycles. The molecule has 0 aliphatic heterocycles. The normalized spacial score (nSPS) is 10.6. The quantitative estimate of drug-likeness (QED) is 0.617. The zero-order valence-corrected chi connectivity index (χ0v) is 9.14. The number of ketones is 1. The van der Waals surface area contributed by atoms with Crippen LogP contribution in [-0.4, -0.2) is 5.78 Å². The van der Waals surface area contributed by atoms with E-state index in [1.807, 2.05) is 13.8 Å². The van der Waals surface area contributed by atoms with E-state index in [9.17, 15) is 4.79 Å². The summed E-state index contributed by atoms with van der Waals surface area (Å²) in [5.41, 5.74) is 6.72. The summed E-state index contributed by atoms with van der Waals surface area (Å²) in [5, 5.41) is 0.511. The minimum atomic E-state index is 0.0919. The lowest BCUT2D eigenvalue weighted by molar-refractivity contribution is 0.0968. The molecule has 0 heterocycles. The molecule has 0 spiro atoms. The van der Waals surface area contributed by atoms with Crippen LogP contribution in [0.2, 0.25) is 5.02 Å². The summed E-state index contributed by atoms with van der Waals surface area (Å²) < 4.78 is 0. The second kappa shape index (κ2) is 4.47. The van der Waals surface area contributed by atoms with Crippen LogP contribution in [0.1, 0.15) is 30.6 Å². The zero-order valence-electron chi connectivity index (χ0n) is 8.38. The molecule has 2 nitrogen and oxygen atoms in total. The van der Waals surface area contributed by atoms with Crippen molar-refractivity contribution < 1.29 is 4.79 Å². The molecule has 0 aliphatic rings. The van der Waals surface area contributed by atoms with Gasteiger partial charge in [0.15, 0.2) is 5.78 Å². The van der Waals surface area contributed by atoms with Crippen molar-refractivity contribution in [2.24, 2.45) is 5.92 Å². The Morgan fingerprint density at radius 2 is 2.07 bits per heavy atom. The fourth-order valence-corrected chi connectivity index (χ4v) is 1.51. The Kier molecular flexibility index (Phi) is 3.53. The van der Waals surface area contributed by atoms with E-state index in [0.29, 0.717) is 28.6 Å². The van der Waals surface area contributed by atoms with Crippen LogP contribution in [0.25, 0.3) is 0 Å². The van der Waals surface area contributed by atoms with Crippen LogP contribution in [0.5, 0.6) is 0 Å². The standard InChI is InChI=1S/C11H14ClNO/c1-7(2)3-11(14)8-4-9(12)6-10(13)5-8/h4-7H,3,13H2,1-2H3. The Morgan fingerprint density at radius 3 is 2.57 bits per heavy atom. The summed E-state index contributed by atoms with van der Waals surface area (Å²) in [4.78, 5) is 11.6. The highest BCUT2D eigenvalue weighted by Crippen LogP contribution is 2.18. The van der Waals surface area contributed by atoms with Gasteiger partial charge < -0.3 is 5.73 Å². The minimum Gasteiger partial charge on any atom is -0.399 e. The highest BCUT2D eigenvalue weighted by Gasteiger charge is 2.09. The van der Waals surface area contributed by atoms with Crippen LogP contribution in [-0.2, 0) is 0 Å². The van der Waals surface area contributed by atoms with E-state index < -0.39 is 0 Å². The van der Waals surface area contributed by atoms with E-state index in [1.54, 1.807) is 18.2 Å². The predicted octanol–water partition coefficient (Wildman–Crippen LogP) is 3.15. The van der Waals surface area contributed by atoms with E-state index in [4.69, 9.17) is 17.3 Å². The van der Waals surface area contributed by atoms with Gasteiger partial charge in [-0.25, -0.2) is 0 Å². The molecule has 3 heteroatoms. The van der Waals surface area contributed by atoms with Gasteiger partial charge in [0, 0.05) is 22.7 Å².